The van der Waals surface area contributed by atoms with Crippen molar-refractivity contribution < 1.29 is 0 Å². The third-order valence-electron chi connectivity index (χ3n) is 2.88. The van der Waals surface area contributed by atoms with Crippen LogP contribution in [0.1, 0.15) is 37.2 Å². The normalized spacial score (nSPS) is 17.9. The van der Waals surface area contributed by atoms with Gasteiger partial charge in [-0.15, -0.1) is 0 Å². The molecule has 1 nitrogen and oxygen atoms in total. The summed E-state index contributed by atoms with van der Waals surface area (Å²) in [5, 5.41) is 0.699. The van der Waals surface area contributed by atoms with Gasteiger partial charge in [-0.3, -0.25) is 0 Å². The number of hydrogen-bond donors (Lipinski definition) is 1. The molecule has 2 heteroatoms. The van der Waals surface area contributed by atoms with Crippen LogP contribution in [0.2, 0.25) is 5.02 Å². The standard InChI is InChI=1S/C11H14ClN/c12-10-7-3-6-9(11(10)13)8-4-1-2-5-8/h3,6-8H,1-2,4-5,13H2. The molecule has 1 aliphatic carbocycles. The lowest BCUT2D eigenvalue weighted by atomic mass is 9.96. The van der Waals surface area contributed by atoms with E-state index in [4.69, 9.17) is 17.3 Å². The van der Waals surface area contributed by atoms with E-state index in [2.05, 4.69) is 6.07 Å². The van der Waals surface area contributed by atoms with E-state index in [0.29, 0.717) is 10.9 Å². The van der Waals surface area contributed by atoms with Crippen molar-refractivity contribution in [2.75, 3.05) is 5.73 Å². The molecule has 2 rings (SSSR count). The molecular weight excluding hydrogens is 182 g/mol. The fraction of sp³-hybridized carbons (Fsp3) is 0.455. The fourth-order valence-electron chi connectivity index (χ4n) is 2.15. The molecule has 70 valence electrons. The first-order valence-corrected chi connectivity index (χ1v) is 5.20. The average Bonchev–Trinajstić information content (AvgIpc) is 2.62. The minimum absolute atomic E-state index is 0.652. The van der Waals surface area contributed by atoms with Crippen molar-refractivity contribution in [2.45, 2.75) is 31.6 Å². The summed E-state index contributed by atoms with van der Waals surface area (Å²) in [6.45, 7) is 0. The van der Waals surface area contributed by atoms with Crippen molar-refractivity contribution in [3.05, 3.63) is 28.8 Å². The van der Waals surface area contributed by atoms with Gasteiger partial charge in [-0.05, 0) is 30.4 Å². The molecule has 2 N–H and O–H groups in total. The zero-order valence-corrected chi connectivity index (χ0v) is 8.35. The average molecular weight is 196 g/mol. The molecule has 0 bridgehead atoms. The highest BCUT2D eigenvalue weighted by Crippen LogP contribution is 2.38. The SMILES string of the molecule is Nc1c(Cl)cccc1C1CCCC1. The maximum absolute atomic E-state index is 5.97. The molecule has 0 aliphatic heterocycles. The second-order valence-corrected chi connectivity index (χ2v) is 4.13. The molecule has 1 aromatic rings. The van der Waals surface area contributed by atoms with Crippen LogP contribution in [0.5, 0.6) is 0 Å². The predicted molar refractivity (Wildman–Crippen MR) is 57.1 cm³/mol. The van der Waals surface area contributed by atoms with Crippen molar-refractivity contribution in [3.8, 4) is 0 Å². The summed E-state index contributed by atoms with van der Waals surface area (Å²) in [7, 11) is 0. The summed E-state index contributed by atoms with van der Waals surface area (Å²) in [6, 6.07) is 5.96. The molecule has 0 aromatic heterocycles. The van der Waals surface area contributed by atoms with E-state index in [1.165, 1.54) is 31.2 Å². The lowest BCUT2D eigenvalue weighted by Gasteiger charge is -2.13. The van der Waals surface area contributed by atoms with Gasteiger partial charge in [0, 0.05) is 0 Å². The monoisotopic (exact) mass is 195 g/mol. The Labute approximate surface area is 83.9 Å². The molecule has 1 saturated carbocycles. The number of nitrogen functional groups attached to an aromatic ring is 1. The van der Waals surface area contributed by atoms with Gasteiger partial charge in [0.15, 0.2) is 0 Å². The molecule has 0 unspecified atom stereocenters. The molecule has 0 spiro atoms. The third kappa shape index (κ3) is 1.66. The van der Waals surface area contributed by atoms with Crippen LogP contribution in [0.25, 0.3) is 0 Å². The number of para-hydroxylation sites is 1. The van der Waals surface area contributed by atoms with Crippen molar-refractivity contribution in [1.82, 2.24) is 0 Å². The van der Waals surface area contributed by atoms with Gasteiger partial charge in [0.2, 0.25) is 0 Å². The van der Waals surface area contributed by atoms with Crippen LogP contribution in [0.15, 0.2) is 18.2 Å². The van der Waals surface area contributed by atoms with E-state index in [0.717, 1.165) is 5.69 Å². The van der Waals surface area contributed by atoms with E-state index < -0.39 is 0 Å². The number of hydrogen-bond acceptors (Lipinski definition) is 1. The number of anilines is 1. The minimum Gasteiger partial charge on any atom is -0.397 e. The van der Waals surface area contributed by atoms with Crippen LogP contribution >= 0.6 is 11.6 Å². The van der Waals surface area contributed by atoms with Crippen LogP contribution < -0.4 is 5.73 Å². The van der Waals surface area contributed by atoms with Gasteiger partial charge in [0.1, 0.15) is 0 Å². The largest absolute Gasteiger partial charge is 0.397 e. The van der Waals surface area contributed by atoms with Crippen molar-refractivity contribution in [1.29, 1.82) is 0 Å². The zero-order chi connectivity index (χ0) is 9.26. The lowest BCUT2D eigenvalue weighted by Crippen LogP contribution is -1.99. The molecule has 1 aromatic carbocycles. The maximum Gasteiger partial charge on any atom is 0.0638 e. The Morgan fingerprint density at radius 2 is 1.92 bits per heavy atom. The molecular formula is C11H14ClN. The van der Waals surface area contributed by atoms with Crippen LogP contribution in [-0.4, -0.2) is 0 Å². The Hall–Kier alpha value is -0.690. The molecule has 13 heavy (non-hydrogen) atoms. The van der Waals surface area contributed by atoms with Crippen LogP contribution in [0.3, 0.4) is 0 Å². The summed E-state index contributed by atoms with van der Waals surface area (Å²) in [5.74, 6) is 0.652. The number of halogens is 1. The van der Waals surface area contributed by atoms with Gasteiger partial charge in [0.25, 0.3) is 0 Å². The van der Waals surface area contributed by atoms with Gasteiger partial charge in [-0.1, -0.05) is 36.6 Å². The fourth-order valence-corrected chi connectivity index (χ4v) is 2.33. The Balaban J connectivity index is 2.33. The predicted octanol–water partition coefficient (Wildman–Crippen LogP) is 3.58. The second-order valence-electron chi connectivity index (χ2n) is 3.72. The third-order valence-corrected chi connectivity index (χ3v) is 3.21. The zero-order valence-electron chi connectivity index (χ0n) is 7.59. The summed E-state index contributed by atoms with van der Waals surface area (Å²) < 4.78 is 0. The first-order valence-electron chi connectivity index (χ1n) is 4.83. The summed E-state index contributed by atoms with van der Waals surface area (Å²) in [4.78, 5) is 0. The molecule has 1 aliphatic rings. The molecule has 0 radical (unpaired) electrons. The highest BCUT2D eigenvalue weighted by atomic mass is 35.5. The molecule has 1 fully saturated rings. The van der Waals surface area contributed by atoms with E-state index >= 15 is 0 Å². The Morgan fingerprint density at radius 1 is 1.23 bits per heavy atom. The van der Waals surface area contributed by atoms with Gasteiger partial charge >= 0.3 is 0 Å². The first-order chi connectivity index (χ1) is 6.29. The Morgan fingerprint density at radius 3 is 2.62 bits per heavy atom. The highest BCUT2D eigenvalue weighted by molar-refractivity contribution is 6.33. The van der Waals surface area contributed by atoms with E-state index in [9.17, 15) is 0 Å². The summed E-state index contributed by atoms with van der Waals surface area (Å²) >= 11 is 5.97. The summed E-state index contributed by atoms with van der Waals surface area (Å²) in [6.07, 6.45) is 5.20. The van der Waals surface area contributed by atoms with Crippen molar-refractivity contribution in [3.63, 3.8) is 0 Å². The smallest absolute Gasteiger partial charge is 0.0638 e. The molecule has 0 saturated heterocycles. The second kappa shape index (κ2) is 3.59. The minimum atomic E-state index is 0.652. The quantitative estimate of drug-likeness (QED) is 0.682. The molecule has 0 heterocycles. The van der Waals surface area contributed by atoms with Gasteiger partial charge < -0.3 is 5.73 Å². The van der Waals surface area contributed by atoms with Crippen molar-refractivity contribution >= 4 is 17.3 Å². The Kier molecular flexibility index (Phi) is 2.45. The Bertz CT molecular complexity index is 303. The van der Waals surface area contributed by atoms with Crippen LogP contribution in [0, 0.1) is 0 Å². The molecule has 0 atom stereocenters. The van der Waals surface area contributed by atoms with Crippen molar-refractivity contribution in [2.24, 2.45) is 0 Å². The van der Waals surface area contributed by atoms with Gasteiger partial charge in [-0.2, -0.15) is 0 Å². The number of nitrogens with two attached hydrogens (primary N) is 1. The van der Waals surface area contributed by atoms with Gasteiger partial charge in [-0.25, -0.2) is 0 Å². The summed E-state index contributed by atoms with van der Waals surface area (Å²) in [5.41, 5.74) is 7.97. The highest BCUT2D eigenvalue weighted by Gasteiger charge is 2.19. The maximum atomic E-state index is 5.97. The van der Waals surface area contributed by atoms with Gasteiger partial charge in [0.05, 0.1) is 10.7 Å². The van der Waals surface area contributed by atoms with E-state index in [1.807, 2.05) is 12.1 Å². The van der Waals surface area contributed by atoms with Crippen LogP contribution in [0.4, 0.5) is 5.69 Å². The van der Waals surface area contributed by atoms with E-state index in [1.54, 1.807) is 0 Å². The lowest BCUT2D eigenvalue weighted by molar-refractivity contribution is 0.726. The number of benzene rings is 1. The van der Waals surface area contributed by atoms with Crippen LogP contribution in [-0.2, 0) is 0 Å². The van der Waals surface area contributed by atoms with E-state index in [-0.39, 0.29) is 0 Å². The number of rotatable bonds is 1. The first kappa shape index (κ1) is 8.89. The topological polar surface area (TPSA) is 26.0 Å². The molecule has 0 amide bonds.